The highest BCUT2D eigenvalue weighted by atomic mass is 32.2. The summed E-state index contributed by atoms with van der Waals surface area (Å²) >= 11 is 0. The fourth-order valence-electron chi connectivity index (χ4n) is 4.67. The van der Waals surface area contributed by atoms with Gasteiger partial charge in [0.1, 0.15) is 5.75 Å². The van der Waals surface area contributed by atoms with Gasteiger partial charge in [-0.25, -0.2) is 8.42 Å². The molecule has 2 aromatic rings. The van der Waals surface area contributed by atoms with Crippen molar-refractivity contribution in [3.63, 3.8) is 0 Å². The van der Waals surface area contributed by atoms with Gasteiger partial charge in [0.2, 0.25) is 10.0 Å². The standard InChI is InChI=1S/C25H30F3N3O4S/c1-35-23-10-9-21(18-22(23)24(32)30-11-4-2-3-5-12-30)36(33,34)31-15-13-29(14-16-31)20-8-6-7-19(17-20)25(26,27)28/h6-10,17-18H,2-5,11-16H2,1H3. The van der Waals surface area contributed by atoms with E-state index in [4.69, 9.17) is 4.74 Å². The number of rotatable bonds is 5. The predicted molar refractivity (Wildman–Crippen MR) is 130 cm³/mol. The number of ether oxygens (including phenoxy) is 1. The molecule has 2 aromatic carbocycles. The van der Waals surface area contributed by atoms with Crippen LogP contribution in [0.5, 0.6) is 5.75 Å². The minimum Gasteiger partial charge on any atom is -0.496 e. The molecule has 4 rings (SSSR count). The molecular formula is C25H30F3N3O4S. The molecule has 0 bridgehead atoms. The van der Waals surface area contributed by atoms with Crippen molar-refractivity contribution in [1.29, 1.82) is 0 Å². The second-order valence-electron chi connectivity index (χ2n) is 9.01. The predicted octanol–water partition coefficient (Wildman–Crippen LogP) is 4.24. The van der Waals surface area contributed by atoms with Crippen molar-refractivity contribution in [1.82, 2.24) is 9.21 Å². The van der Waals surface area contributed by atoms with Crippen LogP contribution in [0, 0.1) is 0 Å². The van der Waals surface area contributed by atoms with E-state index in [2.05, 4.69) is 0 Å². The van der Waals surface area contributed by atoms with Gasteiger partial charge in [0.05, 0.1) is 23.1 Å². The zero-order valence-corrected chi connectivity index (χ0v) is 20.9. The van der Waals surface area contributed by atoms with Gasteiger partial charge in [-0.3, -0.25) is 4.79 Å². The monoisotopic (exact) mass is 525 g/mol. The summed E-state index contributed by atoms with van der Waals surface area (Å²) in [4.78, 5) is 16.7. The second kappa shape index (κ2) is 10.7. The topological polar surface area (TPSA) is 70.2 Å². The van der Waals surface area contributed by atoms with Crippen LogP contribution < -0.4 is 9.64 Å². The Morgan fingerprint density at radius 2 is 1.56 bits per heavy atom. The molecule has 2 saturated heterocycles. The highest BCUT2D eigenvalue weighted by Crippen LogP contribution is 2.32. The van der Waals surface area contributed by atoms with Gasteiger partial charge in [0.25, 0.3) is 5.91 Å². The number of piperazine rings is 1. The molecule has 196 valence electrons. The van der Waals surface area contributed by atoms with E-state index in [0.29, 0.717) is 24.5 Å². The molecule has 2 heterocycles. The average molecular weight is 526 g/mol. The van der Waals surface area contributed by atoms with Crippen LogP contribution >= 0.6 is 0 Å². The number of benzene rings is 2. The van der Waals surface area contributed by atoms with Crippen molar-refractivity contribution in [3.8, 4) is 5.75 Å². The number of halogens is 3. The number of anilines is 1. The largest absolute Gasteiger partial charge is 0.496 e. The minimum absolute atomic E-state index is 0.00556. The minimum atomic E-state index is -4.45. The fourth-order valence-corrected chi connectivity index (χ4v) is 6.12. The molecule has 2 aliphatic heterocycles. The lowest BCUT2D eigenvalue weighted by Gasteiger charge is -2.35. The van der Waals surface area contributed by atoms with Crippen molar-refractivity contribution in [2.75, 3.05) is 51.3 Å². The molecule has 36 heavy (non-hydrogen) atoms. The first-order valence-corrected chi connectivity index (χ1v) is 13.4. The maximum atomic E-state index is 13.4. The van der Waals surface area contributed by atoms with Crippen LogP contribution in [0.25, 0.3) is 0 Å². The summed E-state index contributed by atoms with van der Waals surface area (Å²) in [6, 6.07) is 9.32. The molecule has 0 saturated carbocycles. The molecule has 2 fully saturated rings. The van der Waals surface area contributed by atoms with E-state index >= 15 is 0 Å². The number of amides is 1. The van der Waals surface area contributed by atoms with Crippen LogP contribution in [0.1, 0.15) is 41.6 Å². The van der Waals surface area contributed by atoms with Gasteiger partial charge in [-0.15, -0.1) is 0 Å². The fraction of sp³-hybridized carbons (Fsp3) is 0.480. The summed E-state index contributed by atoms with van der Waals surface area (Å²) < 4.78 is 72.7. The smallest absolute Gasteiger partial charge is 0.416 e. The maximum absolute atomic E-state index is 13.4. The van der Waals surface area contributed by atoms with Gasteiger partial charge in [-0.1, -0.05) is 18.9 Å². The molecule has 0 radical (unpaired) electrons. The van der Waals surface area contributed by atoms with Crippen LogP contribution in [0.2, 0.25) is 0 Å². The Kier molecular flexibility index (Phi) is 7.79. The Morgan fingerprint density at radius 1 is 0.889 bits per heavy atom. The number of nitrogens with zero attached hydrogens (tertiary/aromatic N) is 3. The van der Waals surface area contributed by atoms with E-state index in [1.165, 1.54) is 35.7 Å². The average Bonchev–Trinajstić information content (AvgIpc) is 3.17. The number of alkyl halides is 3. The van der Waals surface area contributed by atoms with Gasteiger partial charge in [0, 0.05) is 45.0 Å². The third-order valence-electron chi connectivity index (χ3n) is 6.71. The normalized spacial score (nSPS) is 18.1. The summed E-state index contributed by atoms with van der Waals surface area (Å²) in [6.45, 7) is 1.96. The quantitative estimate of drug-likeness (QED) is 0.584. The Hall–Kier alpha value is -2.79. The van der Waals surface area contributed by atoms with Gasteiger partial charge in [0.15, 0.2) is 0 Å². The first-order valence-electron chi connectivity index (χ1n) is 12.0. The van der Waals surface area contributed by atoms with E-state index in [1.807, 2.05) is 0 Å². The van der Waals surface area contributed by atoms with E-state index in [1.54, 1.807) is 15.9 Å². The third-order valence-corrected chi connectivity index (χ3v) is 8.60. The van der Waals surface area contributed by atoms with Gasteiger partial charge in [-0.05, 0) is 49.2 Å². The number of carbonyl (C=O) groups is 1. The zero-order chi connectivity index (χ0) is 25.9. The van der Waals surface area contributed by atoms with Crippen molar-refractivity contribution in [2.45, 2.75) is 36.8 Å². The van der Waals surface area contributed by atoms with Gasteiger partial charge < -0.3 is 14.5 Å². The highest BCUT2D eigenvalue weighted by molar-refractivity contribution is 7.89. The molecule has 0 aromatic heterocycles. The molecule has 1 amide bonds. The van der Waals surface area contributed by atoms with Crippen molar-refractivity contribution in [2.24, 2.45) is 0 Å². The molecule has 0 spiro atoms. The van der Waals surface area contributed by atoms with Crippen LogP contribution in [0.3, 0.4) is 0 Å². The van der Waals surface area contributed by atoms with Crippen molar-refractivity contribution in [3.05, 3.63) is 53.6 Å². The summed E-state index contributed by atoms with van der Waals surface area (Å²) in [5, 5.41) is 0. The molecule has 11 heteroatoms. The Morgan fingerprint density at radius 3 is 2.17 bits per heavy atom. The number of hydrogen-bond donors (Lipinski definition) is 0. The van der Waals surface area contributed by atoms with Gasteiger partial charge >= 0.3 is 6.18 Å². The van der Waals surface area contributed by atoms with E-state index in [-0.39, 0.29) is 42.5 Å². The molecular weight excluding hydrogens is 495 g/mol. The number of methoxy groups -OCH3 is 1. The third kappa shape index (κ3) is 5.62. The lowest BCUT2D eigenvalue weighted by atomic mass is 10.1. The Labute approximate surface area is 209 Å². The lowest BCUT2D eigenvalue weighted by Crippen LogP contribution is -2.48. The Balaban J connectivity index is 1.51. The lowest BCUT2D eigenvalue weighted by molar-refractivity contribution is -0.137. The van der Waals surface area contributed by atoms with Gasteiger partial charge in [-0.2, -0.15) is 17.5 Å². The number of carbonyl (C=O) groups excluding carboxylic acids is 1. The van der Waals surface area contributed by atoms with Crippen LogP contribution in [-0.2, 0) is 16.2 Å². The molecule has 2 aliphatic rings. The summed E-state index contributed by atoms with van der Waals surface area (Å²) in [5.41, 5.74) is -0.130. The first-order chi connectivity index (χ1) is 17.1. The molecule has 0 aliphatic carbocycles. The summed E-state index contributed by atoms with van der Waals surface area (Å²) in [5.74, 6) is 0.0673. The number of likely N-dealkylation sites (tertiary alicyclic amines) is 1. The van der Waals surface area contributed by atoms with E-state index < -0.39 is 21.8 Å². The van der Waals surface area contributed by atoms with E-state index in [9.17, 15) is 26.4 Å². The summed E-state index contributed by atoms with van der Waals surface area (Å²) in [7, 11) is -2.48. The molecule has 0 atom stereocenters. The zero-order valence-electron chi connectivity index (χ0n) is 20.1. The van der Waals surface area contributed by atoms with Crippen LogP contribution in [0.15, 0.2) is 47.4 Å². The van der Waals surface area contributed by atoms with Crippen molar-refractivity contribution >= 4 is 21.6 Å². The van der Waals surface area contributed by atoms with Crippen LogP contribution in [-0.4, -0.2) is 69.9 Å². The highest BCUT2D eigenvalue weighted by Gasteiger charge is 2.33. The first kappa shape index (κ1) is 26.3. The van der Waals surface area contributed by atoms with Crippen molar-refractivity contribution < 1.29 is 31.1 Å². The van der Waals surface area contributed by atoms with Crippen LogP contribution in [0.4, 0.5) is 18.9 Å². The molecule has 7 nitrogen and oxygen atoms in total. The second-order valence-corrected chi connectivity index (χ2v) is 10.9. The Bertz CT molecular complexity index is 1190. The summed E-state index contributed by atoms with van der Waals surface area (Å²) in [6.07, 6.45) is -0.522. The molecule has 0 unspecified atom stereocenters. The maximum Gasteiger partial charge on any atom is 0.416 e. The van der Waals surface area contributed by atoms with E-state index in [0.717, 1.165) is 37.8 Å². The number of sulfonamides is 1. The SMILES string of the molecule is COc1ccc(S(=O)(=O)N2CCN(c3cccc(C(F)(F)F)c3)CC2)cc1C(=O)N1CCCCCC1. The molecule has 0 N–H and O–H groups in total. The number of hydrogen-bond acceptors (Lipinski definition) is 5.